The second-order valence-corrected chi connectivity index (χ2v) is 6.01. The average molecular weight is 325 g/mol. The molecule has 0 bridgehead atoms. The number of nitro benzene ring substituents is 1. The summed E-state index contributed by atoms with van der Waals surface area (Å²) in [5, 5.41) is 10.9. The van der Waals surface area contributed by atoms with E-state index in [9.17, 15) is 14.9 Å². The smallest absolute Gasteiger partial charge is 0.269 e. The van der Waals surface area contributed by atoms with Gasteiger partial charge in [-0.25, -0.2) is 0 Å². The van der Waals surface area contributed by atoms with Crippen LogP contribution in [0, 0.1) is 10.1 Å². The van der Waals surface area contributed by atoms with Gasteiger partial charge in [0.05, 0.1) is 4.92 Å². The Labute approximate surface area is 140 Å². The quantitative estimate of drug-likeness (QED) is 0.653. The van der Waals surface area contributed by atoms with Gasteiger partial charge in [0.25, 0.3) is 5.69 Å². The predicted molar refractivity (Wildman–Crippen MR) is 90.0 cm³/mol. The number of benzene rings is 2. The molecule has 1 aliphatic carbocycles. The molecule has 0 spiro atoms. The third kappa shape index (κ3) is 3.60. The third-order valence-corrected chi connectivity index (χ3v) is 4.17. The lowest BCUT2D eigenvalue weighted by Crippen LogP contribution is -2.39. The van der Waals surface area contributed by atoms with Crippen LogP contribution >= 0.6 is 0 Å². The van der Waals surface area contributed by atoms with Gasteiger partial charge < -0.3 is 10.6 Å². The number of nitrogens with zero attached hydrogens (tertiary/aromatic N) is 2. The van der Waals surface area contributed by atoms with E-state index in [4.69, 9.17) is 5.73 Å². The molecule has 24 heavy (non-hydrogen) atoms. The molecule has 0 aromatic heterocycles. The van der Waals surface area contributed by atoms with Crippen LogP contribution in [0.1, 0.15) is 30.0 Å². The maximum atomic E-state index is 12.8. The average Bonchev–Trinajstić information content (AvgIpc) is 3.44. The third-order valence-electron chi connectivity index (χ3n) is 4.17. The topological polar surface area (TPSA) is 89.5 Å². The zero-order valence-electron chi connectivity index (χ0n) is 13.2. The highest BCUT2D eigenvalue weighted by Gasteiger charge is 2.35. The zero-order chi connectivity index (χ0) is 17.1. The van der Waals surface area contributed by atoms with E-state index in [1.165, 1.54) is 12.1 Å². The first-order valence-electron chi connectivity index (χ1n) is 7.90. The van der Waals surface area contributed by atoms with Gasteiger partial charge >= 0.3 is 0 Å². The van der Waals surface area contributed by atoms with Crippen molar-refractivity contribution >= 4 is 11.6 Å². The standard InChI is InChI=1S/C18H19N3O3/c19-17(14-6-2-1-3-7-14)18(22)20(15-9-10-15)12-13-5-4-8-16(11-13)21(23)24/h1-8,11,15,17H,9-10,12,19H2/t17-/m1/s1. The molecule has 1 amide bonds. The highest BCUT2D eigenvalue weighted by Crippen LogP contribution is 2.31. The molecule has 2 N–H and O–H groups in total. The van der Waals surface area contributed by atoms with Crippen LogP contribution in [0.25, 0.3) is 0 Å². The Bertz CT molecular complexity index is 744. The number of carbonyl (C=O) groups is 1. The summed E-state index contributed by atoms with van der Waals surface area (Å²) in [6, 6.07) is 15.1. The van der Waals surface area contributed by atoms with Gasteiger partial charge in [0.2, 0.25) is 5.91 Å². The summed E-state index contributed by atoms with van der Waals surface area (Å²) in [5.74, 6) is -0.143. The second kappa shape index (κ2) is 6.80. The van der Waals surface area contributed by atoms with Crippen molar-refractivity contribution in [3.63, 3.8) is 0 Å². The van der Waals surface area contributed by atoms with Crippen LogP contribution < -0.4 is 5.73 Å². The summed E-state index contributed by atoms with van der Waals surface area (Å²) in [6.07, 6.45) is 1.89. The molecule has 6 heteroatoms. The largest absolute Gasteiger partial charge is 0.334 e. The van der Waals surface area contributed by atoms with E-state index in [-0.39, 0.29) is 17.6 Å². The Balaban J connectivity index is 1.79. The maximum Gasteiger partial charge on any atom is 0.269 e. The number of nitrogens with two attached hydrogens (primary N) is 1. The summed E-state index contributed by atoms with van der Waals surface area (Å²) in [7, 11) is 0. The first-order chi connectivity index (χ1) is 11.6. The molecule has 1 aliphatic rings. The van der Waals surface area contributed by atoms with Crippen molar-refractivity contribution in [2.75, 3.05) is 0 Å². The molecule has 124 valence electrons. The van der Waals surface area contributed by atoms with Crippen LogP contribution in [0.3, 0.4) is 0 Å². The molecule has 0 saturated heterocycles. The number of rotatable bonds is 6. The van der Waals surface area contributed by atoms with E-state index in [2.05, 4.69) is 0 Å². The van der Waals surface area contributed by atoms with Crippen LogP contribution in [0.15, 0.2) is 54.6 Å². The van der Waals surface area contributed by atoms with E-state index < -0.39 is 11.0 Å². The molecular weight excluding hydrogens is 306 g/mol. The van der Waals surface area contributed by atoms with Crippen LogP contribution in [0.4, 0.5) is 5.69 Å². The Morgan fingerprint density at radius 3 is 2.54 bits per heavy atom. The van der Waals surface area contributed by atoms with Gasteiger partial charge in [0, 0.05) is 24.7 Å². The summed E-state index contributed by atoms with van der Waals surface area (Å²) >= 11 is 0. The minimum atomic E-state index is -0.717. The highest BCUT2D eigenvalue weighted by atomic mass is 16.6. The first kappa shape index (κ1) is 16.1. The fourth-order valence-electron chi connectivity index (χ4n) is 2.72. The first-order valence-corrected chi connectivity index (χ1v) is 7.90. The summed E-state index contributed by atoms with van der Waals surface area (Å²) < 4.78 is 0. The summed E-state index contributed by atoms with van der Waals surface area (Å²) in [5.41, 5.74) is 7.68. The van der Waals surface area contributed by atoms with Gasteiger partial charge in [-0.3, -0.25) is 14.9 Å². The summed E-state index contributed by atoms with van der Waals surface area (Å²) in [4.78, 5) is 25.1. The second-order valence-electron chi connectivity index (χ2n) is 6.01. The van der Waals surface area contributed by atoms with Gasteiger partial charge in [0.15, 0.2) is 0 Å². The monoisotopic (exact) mass is 325 g/mol. The van der Waals surface area contributed by atoms with E-state index >= 15 is 0 Å². The number of amides is 1. The normalized spacial score (nSPS) is 14.9. The van der Waals surface area contributed by atoms with Gasteiger partial charge in [-0.2, -0.15) is 0 Å². The van der Waals surface area contributed by atoms with Gasteiger partial charge in [0.1, 0.15) is 6.04 Å². The Morgan fingerprint density at radius 1 is 1.21 bits per heavy atom. The van der Waals surface area contributed by atoms with Crippen molar-refractivity contribution in [2.24, 2.45) is 5.73 Å². The minimum absolute atomic E-state index is 0.0306. The zero-order valence-corrected chi connectivity index (χ0v) is 13.2. The number of carbonyl (C=O) groups excluding carboxylic acids is 1. The van der Waals surface area contributed by atoms with E-state index in [0.717, 1.165) is 24.0 Å². The Morgan fingerprint density at radius 2 is 1.92 bits per heavy atom. The van der Waals surface area contributed by atoms with Crippen molar-refractivity contribution in [1.29, 1.82) is 0 Å². The van der Waals surface area contributed by atoms with E-state index in [0.29, 0.717) is 6.54 Å². The van der Waals surface area contributed by atoms with Crippen molar-refractivity contribution in [1.82, 2.24) is 4.90 Å². The number of non-ortho nitro benzene ring substituents is 1. The number of hydrogen-bond acceptors (Lipinski definition) is 4. The molecule has 0 unspecified atom stereocenters. The lowest BCUT2D eigenvalue weighted by Gasteiger charge is -2.26. The molecule has 6 nitrogen and oxygen atoms in total. The Kier molecular flexibility index (Phi) is 4.57. The molecule has 1 saturated carbocycles. The van der Waals surface area contributed by atoms with Crippen LogP contribution in [0.5, 0.6) is 0 Å². The van der Waals surface area contributed by atoms with Gasteiger partial charge in [-0.05, 0) is 24.0 Å². The van der Waals surface area contributed by atoms with Crippen molar-refractivity contribution in [3.05, 3.63) is 75.8 Å². The maximum absolute atomic E-state index is 12.8. The fourth-order valence-corrected chi connectivity index (χ4v) is 2.72. The molecule has 1 fully saturated rings. The van der Waals surface area contributed by atoms with Gasteiger partial charge in [-0.1, -0.05) is 42.5 Å². The number of nitro groups is 1. The number of hydrogen-bond donors (Lipinski definition) is 1. The molecule has 3 rings (SSSR count). The van der Waals surface area contributed by atoms with Crippen molar-refractivity contribution in [3.8, 4) is 0 Å². The highest BCUT2D eigenvalue weighted by molar-refractivity contribution is 5.83. The lowest BCUT2D eigenvalue weighted by molar-refractivity contribution is -0.384. The summed E-state index contributed by atoms with van der Waals surface area (Å²) in [6.45, 7) is 0.339. The van der Waals surface area contributed by atoms with Crippen LogP contribution in [0.2, 0.25) is 0 Å². The molecule has 0 aliphatic heterocycles. The van der Waals surface area contributed by atoms with E-state index in [1.807, 2.05) is 30.3 Å². The van der Waals surface area contributed by atoms with E-state index in [1.54, 1.807) is 17.0 Å². The molecule has 2 aromatic carbocycles. The molecule has 2 aromatic rings. The molecule has 0 radical (unpaired) electrons. The Hall–Kier alpha value is -2.73. The van der Waals surface area contributed by atoms with Crippen molar-refractivity contribution in [2.45, 2.75) is 31.5 Å². The van der Waals surface area contributed by atoms with Crippen molar-refractivity contribution < 1.29 is 9.72 Å². The minimum Gasteiger partial charge on any atom is -0.334 e. The van der Waals surface area contributed by atoms with Gasteiger partial charge in [-0.15, -0.1) is 0 Å². The molecular formula is C18H19N3O3. The molecule has 0 heterocycles. The van der Waals surface area contributed by atoms with Crippen LogP contribution in [-0.4, -0.2) is 21.8 Å². The SMILES string of the molecule is N[C@@H](C(=O)N(Cc1cccc([N+](=O)[O-])c1)C1CC1)c1ccccc1. The lowest BCUT2D eigenvalue weighted by atomic mass is 10.1. The van der Waals surface area contributed by atoms with Crippen LogP contribution in [-0.2, 0) is 11.3 Å². The molecule has 1 atom stereocenters. The fraction of sp³-hybridized carbons (Fsp3) is 0.278. The predicted octanol–water partition coefficient (Wildman–Crippen LogP) is 2.79.